The quantitative estimate of drug-likeness (QED) is 0.287. The lowest BCUT2D eigenvalue weighted by atomic mass is 10.0. The van der Waals surface area contributed by atoms with Gasteiger partial charge in [0.2, 0.25) is 5.95 Å². The Morgan fingerprint density at radius 1 is 1.03 bits per heavy atom. The van der Waals surface area contributed by atoms with Crippen LogP contribution in [0.5, 0.6) is 0 Å². The van der Waals surface area contributed by atoms with Gasteiger partial charge in [-0.1, -0.05) is 17.7 Å². The molecule has 2 aliphatic carbocycles. The van der Waals surface area contributed by atoms with Crippen LogP contribution in [-0.4, -0.2) is 47.3 Å². The molecule has 6 nitrogen and oxygen atoms in total. The number of hydrogen-bond acceptors (Lipinski definition) is 6. The van der Waals surface area contributed by atoms with Crippen LogP contribution in [0.15, 0.2) is 42.6 Å². The average Bonchev–Trinajstić information content (AvgIpc) is 3.53. The first kappa shape index (κ1) is 24.8. The van der Waals surface area contributed by atoms with Crippen LogP contribution in [0.1, 0.15) is 30.4 Å². The van der Waals surface area contributed by atoms with Gasteiger partial charge in [0.15, 0.2) is 5.82 Å². The summed E-state index contributed by atoms with van der Waals surface area (Å²) < 4.78 is 26.6. The van der Waals surface area contributed by atoms with Crippen LogP contribution >= 0.6 is 18.7 Å². The monoisotopic (exact) mass is 539 g/mol. The second-order valence-corrected chi connectivity index (χ2v) is 14.7. The molecule has 1 saturated carbocycles. The predicted octanol–water partition coefficient (Wildman–Crippen LogP) is 6.20. The highest BCUT2D eigenvalue weighted by molar-refractivity contribution is 7.70. The molecule has 2 heterocycles. The van der Waals surface area contributed by atoms with Gasteiger partial charge in [-0.3, -0.25) is 4.90 Å². The normalized spacial score (nSPS) is 23.2. The Hall–Kier alpha value is -2.47. The zero-order chi connectivity index (χ0) is 25.7. The van der Waals surface area contributed by atoms with Crippen LogP contribution in [0.2, 0.25) is 5.02 Å². The lowest BCUT2D eigenvalue weighted by Gasteiger charge is -2.27. The molecule has 2 N–H and O–H groups in total. The highest BCUT2D eigenvalue weighted by atomic mass is 35.5. The fourth-order valence-electron chi connectivity index (χ4n) is 5.89. The highest BCUT2D eigenvalue weighted by Crippen LogP contribution is 2.46. The van der Waals surface area contributed by atoms with Crippen molar-refractivity contribution in [2.75, 3.05) is 37.1 Å². The second-order valence-electron chi connectivity index (χ2n) is 11.1. The van der Waals surface area contributed by atoms with Crippen molar-refractivity contribution < 1.29 is 8.96 Å². The number of anilines is 4. The predicted molar refractivity (Wildman–Crippen MR) is 149 cm³/mol. The number of aryl methyl sites for hydroxylation is 2. The third-order valence-corrected chi connectivity index (χ3v) is 9.82. The van der Waals surface area contributed by atoms with Crippen LogP contribution in [0.3, 0.4) is 0 Å². The molecule has 194 valence electrons. The van der Waals surface area contributed by atoms with Gasteiger partial charge in [0.05, 0.1) is 11.9 Å². The molecule has 0 amide bonds. The minimum absolute atomic E-state index is 0.315. The van der Waals surface area contributed by atoms with Gasteiger partial charge in [-0.15, -0.1) is 0 Å². The Bertz CT molecular complexity index is 1380. The zero-order valence-electron chi connectivity index (χ0n) is 21.2. The standard InChI is InChI=1S/C28H32ClFN5OP/c1-37(2,36)26-13-21(30)6-10-25(26)33-27-24(29)14-31-28(34-27)32-22-7-3-17-4-8-23(9-5-18(17)12-22)35-15-19-11-20(19)16-35/h3,6-7,10,12-14,19-20,23H,4-5,8-9,11,15-16H2,1-2H3,(H2,31,32,33,34). The fourth-order valence-corrected chi connectivity index (χ4v) is 7.18. The topological polar surface area (TPSA) is 70.2 Å². The number of rotatable bonds is 6. The van der Waals surface area contributed by atoms with Crippen LogP contribution < -0.4 is 15.9 Å². The van der Waals surface area contributed by atoms with Crippen LogP contribution in [0.25, 0.3) is 0 Å². The largest absolute Gasteiger partial charge is 0.338 e. The summed E-state index contributed by atoms with van der Waals surface area (Å²) in [4.78, 5) is 11.6. The summed E-state index contributed by atoms with van der Waals surface area (Å²) in [5.74, 6) is 2.27. The summed E-state index contributed by atoms with van der Waals surface area (Å²) in [6, 6.07) is 11.4. The van der Waals surface area contributed by atoms with E-state index in [0.717, 1.165) is 30.4 Å². The first-order chi connectivity index (χ1) is 17.7. The summed E-state index contributed by atoms with van der Waals surface area (Å²) in [6.07, 6.45) is 7.62. The fraction of sp³-hybridized carbons (Fsp3) is 0.429. The summed E-state index contributed by atoms with van der Waals surface area (Å²) in [5.41, 5.74) is 4.27. The Balaban J connectivity index is 1.18. The van der Waals surface area contributed by atoms with E-state index >= 15 is 0 Å². The van der Waals surface area contributed by atoms with Crippen molar-refractivity contribution in [3.63, 3.8) is 0 Å². The molecule has 3 atom stereocenters. The number of piperidine rings is 1. The molecule has 37 heavy (non-hydrogen) atoms. The number of hydrogen-bond donors (Lipinski definition) is 2. The summed E-state index contributed by atoms with van der Waals surface area (Å²) >= 11 is 6.38. The molecule has 1 aliphatic heterocycles. The third-order valence-electron chi connectivity index (χ3n) is 8.02. The van der Waals surface area contributed by atoms with Gasteiger partial charge in [0.1, 0.15) is 18.0 Å². The van der Waals surface area contributed by atoms with E-state index in [9.17, 15) is 8.96 Å². The van der Waals surface area contributed by atoms with E-state index in [-0.39, 0.29) is 0 Å². The van der Waals surface area contributed by atoms with Gasteiger partial charge in [0, 0.05) is 30.1 Å². The molecule has 3 unspecified atom stereocenters. The molecule has 1 aromatic heterocycles. The van der Waals surface area contributed by atoms with Gasteiger partial charge >= 0.3 is 0 Å². The number of fused-ring (bicyclic) bond motifs is 2. The first-order valence-corrected chi connectivity index (χ1v) is 16.0. The maximum absolute atomic E-state index is 13.9. The molecular formula is C28H32ClFN5OP. The number of likely N-dealkylation sites (tertiary alicyclic amines) is 1. The zero-order valence-corrected chi connectivity index (χ0v) is 22.8. The molecule has 0 radical (unpaired) electrons. The van der Waals surface area contributed by atoms with Crippen molar-refractivity contribution in [1.82, 2.24) is 14.9 Å². The maximum Gasteiger partial charge on any atom is 0.229 e. The smallest absolute Gasteiger partial charge is 0.229 e. The summed E-state index contributed by atoms with van der Waals surface area (Å²) in [7, 11) is -2.74. The summed E-state index contributed by atoms with van der Waals surface area (Å²) in [6.45, 7) is 5.82. The average molecular weight is 540 g/mol. The number of halogens is 2. The highest BCUT2D eigenvalue weighted by Gasteiger charge is 2.46. The maximum atomic E-state index is 13.9. The van der Waals surface area contributed by atoms with Crippen molar-refractivity contribution in [2.24, 2.45) is 11.8 Å². The molecule has 0 bridgehead atoms. The Labute approximate surface area is 222 Å². The van der Waals surface area contributed by atoms with Crippen LogP contribution in [-0.2, 0) is 17.4 Å². The van der Waals surface area contributed by atoms with Crippen molar-refractivity contribution >= 4 is 47.2 Å². The SMILES string of the molecule is CP(C)(=O)c1cc(F)ccc1Nc1nc(Nc2ccc3c(c2)CCC(N2CC4CC4C2)CC3)ncc1Cl. The van der Waals surface area contributed by atoms with Crippen LogP contribution in [0.4, 0.5) is 27.5 Å². The van der Waals surface area contributed by atoms with Gasteiger partial charge in [-0.05, 0) is 98.7 Å². The van der Waals surface area contributed by atoms with Crippen molar-refractivity contribution in [2.45, 2.75) is 38.1 Å². The van der Waals surface area contributed by atoms with E-state index in [1.165, 1.54) is 61.8 Å². The Morgan fingerprint density at radius 2 is 1.78 bits per heavy atom. The van der Waals surface area contributed by atoms with Crippen molar-refractivity contribution in [3.05, 3.63) is 64.6 Å². The minimum atomic E-state index is -2.74. The van der Waals surface area contributed by atoms with E-state index in [2.05, 4.69) is 43.7 Å². The minimum Gasteiger partial charge on any atom is -0.338 e. The van der Waals surface area contributed by atoms with E-state index in [1.807, 2.05) is 0 Å². The molecule has 2 fully saturated rings. The molecule has 9 heteroatoms. The number of aromatic nitrogens is 2. The molecule has 3 aliphatic rings. The molecule has 0 spiro atoms. The summed E-state index contributed by atoms with van der Waals surface area (Å²) in [5, 5.41) is 7.17. The molecule has 2 aromatic carbocycles. The second kappa shape index (κ2) is 9.68. The van der Waals surface area contributed by atoms with Crippen molar-refractivity contribution in [1.29, 1.82) is 0 Å². The third kappa shape index (κ3) is 5.41. The molecule has 6 rings (SSSR count). The number of nitrogens with one attached hydrogen (secondary N) is 2. The molecular weight excluding hydrogens is 508 g/mol. The van der Waals surface area contributed by atoms with E-state index in [1.54, 1.807) is 19.4 Å². The number of benzene rings is 2. The molecule has 1 saturated heterocycles. The molecule has 3 aromatic rings. The number of nitrogens with zero attached hydrogens (tertiary/aromatic N) is 3. The van der Waals surface area contributed by atoms with E-state index in [0.29, 0.717) is 33.8 Å². The van der Waals surface area contributed by atoms with Crippen molar-refractivity contribution in [3.8, 4) is 0 Å². The lowest BCUT2D eigenvalue weighted by Crippen LogP contribution is -2.34. The lowest BCUT2D eigenvalue weighted by molar-refractivity contribution is 0.201. The Kier molecular flexibility index (Phi) is 6.50. The van der Waals surface area contributed by atoms with Gasteiger partial charge in [-0.25, -0.2) is 9.37 Å². The van der Waals surface area contributed by atoms with Gasteiger partial charge in [0.25, 0.3) is 0 Å². The van der Waals surface area contributed by atoms with Gasteiger partial charge < -0.3 is 15.2 Å². The van der Waals surface area contributed by atoms with Gasteiger partial charge in [-0.2, -0.15) is 4.98 Å². The van der Waals surface area contributed by atoms with E-state index in [4.69, 9.17) is 11.6 Å². The van der Waals surface area contributed by atoms with E-state index < -0.39 is 13.0 Å². The van der Waals surface area contributed by atoms with Crippen LogP contribution in [0, 0.1) is 17.7 Å². The first-order valence-electron chi connectivity index (χ1n) is 13.0. The Morgan fingerprint density at radius 3 is 2.54 bits per heavy atom.